The Morgan fingerprint density at radius 1 is 0.810 bits per heavy atom. The van der Waals surface area contributed by atoms with Crippen molar-refractivity contribution in [1.82, 2.24) is 0 Å². The van der Waals surface area contributed by atoms with Crippen LogP contribution in [0.2, 0.25) is 0 Å². The lowest BCUT2D eigenvalue weighted by Crippen LogP contribution is -2.65. The number of methoxy groups -OCH3 is 2. The van der Waals surface area contributed by atoms with E-state index in [0.717, 1.165) is 14.2 Å². The van der Waals surface area contributed by atoms with Crippen molar-refractivity contribution < 1.29 is 104 Å². The third-order valence-electron chi connectivity index (χ3n) is 5.54. The summed E-state index contributed by atoms with van der Waals surface area (Å²) in [4.78, 5) is 12.0. The van der Waals surface area contributed by atoms with Gasteiger partial charge in [0.25, 0.3) is 0 Å². The molecule has 248 valence electrons. The number of rotatable bonds is 16. The number of carboxylic acids is 1. The van der Waals surface area contributed by atoms with Crippen LogP contribution in [0.15, 0.2) is 0 Å². The molecule has 0 aromatic heterocycles. The van der Waals surface area contributed by atoms with E-state index in [2.05, 4.69) is 21.9 Å². The standard InChI is InChI=1S/C15H26O23S4/c1-5-7(28-2)9(34-39-38-37-18)11(13(16)17)33-14(5)32-8-6(4-30-40(19,20)21)31-15(29-3)12(36-42(25,26)27)10(8)35-41(22,23)24/h5-12,14-15,18H,4H2,1-3H3,(H,16,17)(H,19,20,21)(H,22,23,24)(H,25,26,27)/t5?,6-,7-,8+,9-,10?,11?,12?,14+,15-/m0/s1. The number of carbonyl (C=O) groups is 1. The fraction of sp³-hybridized carbons (Fsp3) is 0.933. The van der Waals surface area contributed by atoms with E-state index in [4.69, 9.17) is 37.7 Å². The van der Waals surface area contributed by atoms with Gasteiger partial charge in [0, 0.05) is 20.1 Å². The average Bonchev–Trinajstić information content (AvgIpc) is 2.84. The van der Waals surface area contributed by atoms with Crippen LogP contribution < -0.4 is 0 Å². The van der Waals surface area contributed by atoms with Gasteiger partial charge in [-0.3, -0.25) is 17.8 Å². The van der Waals surface area contributed by atoms with Crippen molar-refractivity contribution in [2.45, 2.75) is 62.2 Å². The Bertz CT molecular complexity index is 1210. The monoisotopic (exact) mass is 702 g/mol. The first-order valence-corrected chi connectivity index (χ1v) is 15.6. The van der Waals surface area contributed by atoms with Crippen LogP contribution in [0.3, 0.4) is 0 Å². The molecule has 5 N–H and O–H groups in total. The predicted octanol–water partition coefficient (Wildman–Crippen LogP) is -2.23. The van der Waals surface area contributed by atoms with Crippen molar-refractivity contribution in [2.24, 2.45) is 5.92 Å². The highest BCUT2D eigenvalue weighted by Crippen LogP contribution is 2.37. The highest BCUT2D eigenvalue weighted by atomic mass is 32.3. The van der Waals surface area contributed by atoms with Crippen molar-refractivity contribution in [3.63, 3.8) is 0 Å². The third kappa shape index (κ3) is 10.9. The van der Waals surface area contributed by atoms with Gasteiger partial charge in [0.2, 0.25) is 0 Å². The van der Waals surface area contributed by atoms with E-state index < -0.39 is 105 Å². The summed E-state index contributed by atoms with van der Waals surface area (Å²) in [6.07, 6.45) is -17.4. The minimum Gasteiger partial charge on any atom is -0.479 e. The van der Waals surface area contributed by atoms with Gasteiger partial charge < -0.3 is 28.8 Å². The van der Waals surface area contributed by atoms with Gasteiger partial charge in [-0.1, -0.05) is 12.0 Å². The Morgan fingerprint density at radius 3 is 1.88 bits per heavy atom. The predicted molar refractivity (Wildman–Crippen MR) is 124 cm³/mol. The summed E-state index contributed by atoms with van der Waals surface area (Å²) in [6.45, 7) is 0.114. The lowest BCUT2D eigenvalue weighted by atomic mass is 9.91. The second-order valence-electron chi connectivity index (χ2n) is 8.16. The third-order valence-corrected chi connectivity index (χ3v) is 7.32. The van der Waals surface area contributed by atoms with Crippen LogP contribution in [0.5, 0.6) is 0 Å². The zero-order valence-electron chi connectivity index (χ0n) is 21.2. The molecule has 0 aliphatic carbocycles. The molecule has 2 aliphatic heterocycles. The van der Waals surface area contributed by atoms with Gasteiger partial charge in [-0.15, -0.1) is 4.33 Å². The number of hydrogen-bond acceptors (Lipinski definition) is 20. The summed E-state index contributed by atoms with van der Waals surface area (Å²) in [5.74, 6) is -2.79. The minimum absolute atomic E-state index is 0.0157. The normalized spacial score (nSPS) is 34.7. The van der Waals surface area contributed by atoms with Crippen LogP contribution >= 0.6 is 12.3 Å². The molecule has 0 saturated carbocycles. The molecule has 27 heteroatoms. The van der Waals surface area contributed by atoms with Crippen molar-refractivity contribution in [3.8, 4) is 0 Å². The molecular formula is C15H26O23S4. The van der Waals surface area contributed by atoms with E-state index in [1.165, 1.54) is 6.92 Å². The summed E-state index contributed by atoms with van der Waals surface area (Å²) >= 11 is -0.0157. The molecule has 4 unspecified atom stereocenters. The van der Waals surface area contributed by atoms with E-state index in [0.29, 0.717) is 0 Å². The first-order valence-electron chi connectivity index (χ1n) is 10.8. The van der Waals surface area contributed by atoms with Crippen LogP contribution in [-0.4, -0.2) is 131 Å². The summed E-state index contributed by atoms with van der Waals surface area (Å²) in [6, 6.07) is 0. The highest BCUT2D eigenvalue weighted by Gasteiger charge is 2.56. The molecular weight excluding hydrogens is 676 g/mol. The van der Waals surface area contributed by atoms with E-state index in [1.807, 2.05) is 0 Å². The Labute approximate surface area is 242 Å². The molecule has 0 aromatic carbocycles. The van der Waals surface area contributed by atoms with Gasteiger partial charge in [0.15, 0.2) is 37.1 Å². The second kappa shape index (κ2) is 15.4. The Kier molecular flexibility index (Phi) is 13.6. The van der Waals surface area contributed by atoms with Gasteiger partial charge in [-0.05, 0) is 0 Å². The lowest BCUT2D eigenvalue weighted by molar-refractivity contribution is -0.435. The SMILES string of the molecule is CO[C@H]1O[C@@H](COS(=O)(=O)O)[C@@H](O[C@@H]2OC(C(=O)O)[C@@H](OSOOO)[C@@H](OC)C2C)C(OS(=O)(=O)O)C1OS(=O)(=O)O. The van der Waals surface area contributed by atoms with E-state index in [9.17, 15) is 44.3 Å². The fourth-order valence-corrected chi connectivity index (χ4v) is 5.67. The van der Waals surface area contributed by atoms with E-state index >= 15 is 0 Å². The van der Waals surface area contributed by atoms with Crippen molar-refractivity contribution in [1.29, 1.82) is 0 Å². The zero-order valence-corrected chi connectivity index (χ0v) is 24.5. The molecule has 42 heavy (non-hydrogen) atoms. The molecule has 23 nitrogen and oxygen atoms in total. The molecule has 0 radical (unpaired) electrons. The minimum atomic E-state index is -5.54. The highest BCUT2D eigenvalue weighted by molar-refractivity contribution is 7.89. The first kappa shape index (κ1) is 37.3. The number of aliphatic carboxylic acids is 1. The number of ether oxygens (including phenoxy) is 5. The molecule has 0 amide bonds. The smallest absolute Gasteiger partial charge is 0.397 e. The number of carboxylic acid groups (broad SMARTS) is 1. The van der Waals surface area contributed by atoms with Gasteiger partial charge in [0.1, 0.15) is 24.4 Å². The molecule has 10 atom stereocenters. The lowest BCUT2D eigenvalue weighted by Gasteiger charge is -2.47. The first-order chi connectivity index (χ1) is 19.3. The van der Waals surface area contributed by atoms with Crippen LogP contribution in [0.4, 0.5) is 0 Å². The maximum atomic E-state index is 12.0. The Hall–Kier alpha value is -0.930. The van der Waals surface area contributed by atoms with Gasteiger partial charge in [-0.25, -0.2) is 22.6 Å². The molecule has 0 aromatic rings. The fourth-order valence-electron chi connectivity index (χ4n) is 4.02. The van der Waals surface area contributed by atoms with Gasteiger partial charge >= 0.3 is 37.2 Å². The van der Waals surface area contributed by atoms with Crippen LogP contribution in [-0.2, 0) is 85.8 Å². The van der Waals surface area contributed by atoms with Crippen LogP contribution in [0.1, 0.15) is 6.92 Å². The summed E-state index contributed by atoms with van der Waals surface area (Å²) in [5.41, 5.74) is 0. The topological polar surface area (TPSA) is 322 Å². The van der Waals surface area contributed by atoms with Crippen LogP contribution in [0.25, 0.3) is 0 Å². The molecule has 2 heterocycles. The maximum Gasteiger partial charge on any atom is 0.397 e. The maximum absolute atomic E-state index is 12.0. The molecule has 0 spiro atoms. The molecule has 2 fully saturated rings. The van der Waals surface area contributed by atoms with Gasteiger partial charge in [0.05, 0.1) is 12.7 Å². The molecule has 0 bridgehead atoms. The molecule has 2 aliphatic rings. The second-order valence-corrected chi connectivity index (χ2v) is 11.8. The largest absolute Gasteiger partial charge is 0.479 e. The van der Waals surface area contributed by atoms with Crippen molar-refractivity contribution in [3.05, 3.63) is 0 Å². The van der Waals surface area contributed by atoms with Crippen molar-refractivity contribution in [2.75, 3.05) is 20.8 Å². The molecule has 2 saturated heterocycles. The average molecular weight is 703 g/mol. The summed E-state index contributed by atoms with van der Waals surface area (Å²) in [5, 5.41) is 21.3. The zero-order chi connectivity index (χ0) is 32.0. The van der Waals surface area contributed by atoms with Crippen LogP contribution in [0, 0.1) is 5.92 Å². The Balaban J connectivity index is 2.57. The quantitative estimate of drug-likeness (QED) is 0.0373. The number of hydrogen-bond donors (Lipinski definition) is 5. The summed E-state index contributed by atoms with van der Waals surface area (Å²) < 4.78 is 146. The summed E-state index contributed by atoms with van der Waals surface area (Å²) in [7, 11) is -14.2. The molecule has 2 rings (SSSR count). The Morgan fingerprint density at radius 2 is 1.40 bits per heavy atom. The van der Waals surface area contributed by atoms with E-state index in [-0.39, 0.29) is 12.3 Å². The van der Waals surface area contributed by atoms with E-state index in [1.54, 1.807) is 0 Å². The van der Waals surface area contributed by atoms with Crippen molar-refractivity contribution >= 4 is 49.5 Å². The van der Waals surface area contributed by atoms with Gasteiger partial charge in [-0.2, -0.15) is 25.3 Å².